The van der Waals surface area contributed by atoms with Gasteiger partial charge in [0, 0.05) is 6.54 Å². The van der Waals surface area contributed by atoms with E-state index in [0.29, 0.717) is 12.5 Å². The van der Waals surface area contributed by atoms with E-state index in [1.54, 1.807) is 0 Å². The molecule has 19 heavy (non-hydrogen) atoms. The molecule has 1 saturated heterocycles. The molecule has 0 amide bonds. The van der Waals surface area contributed by atoms with E-state index in [9.17, 15) is 13.6 Å². The van der Waals surface area contributed by atoms with Crippen LogP contribution in [0.3, 0.4) is 0 Å². The maximum Gasteiger partial charge on any atom is 0.340 e. The van der Waals surface area contributed by atoms with Crippen LogP contribution in [0.2, 0.25) is 0 Å². The molecule has 0 radical (unpaired) electrons. The lowest BCUT2D eigenvalue weighted by molar-refractivity contribution is 0.0594. The molecule has 0 bridgehead atoms. The number of esters is 1. The van der Waals surface area contributed by atoms with E-state index in [1.807, 2.05) is 11.8 Å². The fourth-order valence-corrected chi connectivity index (χ4v) is 3.24. The molecule has 3 nitrogen and oxygen atoms in total. The molecular formula is C13H15F2NO2S. The fourth-order valence-electron chi connectivity index (χ4n) is 1.95. The Morgan fingerprint density at radius 1 is 1.47 bits per heavy atom. The number of anilines is 1. The number of hydrogen-bond acceptors (Lipinski definition) is 4. The van der Waals surface area contributed by atoms with Crippen molar-refractivity contribution >= 4 is 23.4 Å². The van der Waals surface area contributed by atoms with Gasteiger partial charge in [0.05, 0.1) is 18.4 Å². The van der Waals surface area contributed by atoms with Gasteiger partial charge >= 0.3 is 5.97 Å². The molecule has 1 heterocycles. The lowest BCUT2D eigenvalue weighted by atomic mass is 10.1. The predicted molar refractivity (Wildman–Crippen MR) is 71.6 cm³/mol. The predicted octanol–water partition coefficient (Wildman–Crippen LogP) is 2.92. The molecular weight excluding hydrogens is 272 g/mol. The second-order valence-electron chi connectivity index (χ2n) is 4.39. The van der Waals surface area contributed by atoms with E-state index in [2.05, 4.69) is 10.1 Å². The van der Waals surface area contributed by atoms with Gasteiger partial charge in [0.15, 0.2) is 11.6 Å². The molecule has 104 valence electrons. The molecule has 1 N–H and O–H groups in total. The summed E-state index contributed by atoms with van der Waals surface area (Å²) in [5.41, 5.74) is -0.302. The Balaban J connectivity index is 2.09. The van der Waals surface area contributed by atoms with Crippen molar-refractivity contribution in [3.63, 3.8) is 0 Å². The number of thioether (sulfide) groups is 1. The summed E-state index contributed by atoms with van der Waals surface area (Å²) in [7, 11) is 1.13. The van der Waals surface area contributed by atoms with Crippen LogP contribution < -0.4 is 5.32 Å². The standard InChI is InChI=1S/C13H15F2NO2S/c1-18-13(17)9-2-3-10(12(15)11(9)14)16-6-8-4-5-19-7-8/h2-3,8,16H,4-7H2,1H3. The van der Waals surface area contributed by atoms with Crippen molar-refractivity contribution in [2.24, 2.45) is 5.92 Å². The topological polar surface area (TPSA) is 38.3 Å². The minimum Gasteiger partial charge on any atom is -0.465 e. The zero-order valence-electron chi connectivity index (χ0n) is 10.5. The smallest absolute Gasteiger partial charge is 0.340 e. The van der Waals surface area contributed by atoms with E-state index < -0.39 is 17.6 Å². The first-order valence-electron chi connectivity index (χ1n) is 6.01. The molecule has 6 heteroatoms. The monoisotopic (exact) mass is 287 g/mol. The first-order chi connectivity index (χ1) is 9.13. The van der Waals surface area contributed by atoms with Crippen LogP contribution in [-0.2, 0) is 4.74 Å². The molecule has 1 aliphatic rings. The van der Waals surface area contributed by atoms with Crippen molar-refractivity contribution in [3.8, 4) is 0 Å². The van der Waals surface area contributed by atoms with E-state index in [4.69, 9.17) is 0 Å². The Bertz CT molecular complexity index is 476. The van der Waals surface area contributed by atoms with Crippen LogP contribution in [-0.4, -0.2) is 31.1 Å². The number of halogens is 2. The number of nitrogens with one attached hydrogen (secondary N) is 1. The highest BCUT2D eigenvalue weighted by atomic mass is 32.2. The van der Waals surface area contributed by atoms with E-state index in [0.717, 1.165) is 25.0 Å². The van der Waals surface area contributed by atoms with E-state index in [-0.39, 0.29) is 11.3 Å². The van der Waals surface area contributed by atoms with E-state index in [1.165, 1.54) is 12.1 Å². The van der Waals surface area contributed by atoms with Crippen LogP contribution >= 0.6 is 11.8 Å². The Labute approximate surface area is 114 Å². The van der Waals surface area contributed by atoms with Gasteiger partial charge in [-0.25, -0.2) is 13.6 Å². The van der Waals surface area contributed by atoms with Gasteiger partial charge in [-0.15, -0.1) is 0 Å². The lowest BCUT2D eigenvalue weighted by Crippen LogP contribution is -2.15. The number of ether oxygens (including phenoxy) is 1. The van der Waals surface area contributed by atoms with Crippen LogP contribution in [0, 0.1) is 17.6 Å². The van der Waals surface area contributed by atoms with Crippen LogP contribution in [0.5, 0.6) is 0 Å². The van der Waals surface area contributed by atoms with Gasteiger partial charge in [0.25, 0.3) is 0 Å². The van der Waals surface area contributed by atoms with Gasteiger partial charge in [0.1, 0.15) is 0 Å². The fraction of sp³-hybridized carbons (Fsp3) is 0.462. The summed E-state index contributed by atoms with van der Waals surface area (Å²) >= 11 is 1.86. The third kappa shape index (κ3) is 3.18. The molecule has 1 aromatic rings. The summed E-state index contributed by atoms with van der Waals surface area (Å²) in [6.45, 7) is 0.612. The lowest BCUT2D eigenvalue weighted by Gasteiger charge is -2.13. The van der Waals surface area contributed by atoms with Gasteiger partial charge < -0.3 is 10.1 Å². The van der Waals surface area contributed by atoms with Gasteiger partial charge in [-0.2, -0.15) is 11.8 Å². The van der Waals surface area contributed by atoms with E-state index >= 15 is 0 Å². The summed E-state index contributed by atoms with van der Waals surface area (Å²) in [6, 6.07) is 2.60. The minimum atomic E-state index is -1.17. The van der Waals surface area contributed by atoms with Crippen molar-refractivity contribution < 1.29 is 18.3 Å². The third-order valence-electron chi connectivity index (χ3n) is 3.09. The van der Waals surface area contributed by atoms with Crippen molar-refractivity contribution in [3.05, 3.63) is 29.3 Å². The first-order valence-corrected chi connectivity index (χ1v) is 7.17. The number of methoxy groups -OCH3 is 1. The Morgan fingerprint density at radius 2 is 2.26 bits per heavy atom. The summed E-state index contributed by atoms with van der Waals surface area (Å²) in [4.78, 5) is 11.2. The number of carbonyl (C=O) groups is 1. The zero-order chi connectivity index (χ0) is 13.8. The van der Waals surface area contributed by atoms with Crippen LogP contribution in [0.15, 0.2) is 12.1 Å². The highest BCUT2D eigenvalue weighted by Crippen LogP contribution is 2.25. The molecule has 1 fully saturated rings. The molecule has 1 unspecified atom stereocenters. The van der Waals surface area contributed by atoms with Crippen molar-refractivity contribution in [2.45, 2.75) is 6.42 Å². The number of carbonyl (C=O) groups excluding carboxylic acids is 1. The third-order valence-corrected chi connectivity index (χ3v) is 4.32. The first kappa shape index (κ1) is 14.1. The van der Waals surface area contributed by atoms with Gasteiger partial charge in [0.2, 0.25) is 0 Å². The summed E-state index contributed by atoms with van der Waals surface area (Å²) in [5.74, 6) is -0.448. The molecule has 1 aliphatic heterocycles. The Hall–Kier alpha value is -1.30. The van der Waals surface area contributed by atoms with Crippen molar-refractivity contribution in [1.82, 2.24) is 0 Å². The Kier molecular flexibility index (Phi) is 4.63. The quantitative estimate of drug-likeness (QED) is 0.864. The van der Waals surface area contributed by atoms with Gasteiger partial charge in [-0.3, -0.25) is 0 Å². The SMILES string of the molecule is COC(=O)c1ccc(NCC2CCSC2)c(F)c1F. The van der Waals surface area contributed by atoms with Crippen LogP contribution in [0.25, 0.3) is 0 Å². The largest absolute Gasteiger partial charge is 0.465 e. The minimum absolute atomic E-state index is 0.0852. The van der Waals surface area contributed by atoms with Crippen LogP contribution in [0.4, 0.5) is 14.5 Å². The van der Waals surface area contributed by atoms with Gasteiger partial charge in [-0.05, 0) is 36.0 Å². The highest BCUT2D eigenvalue weighted by Gasteiger charge is 2.20. The second-order valence-corrected chi connectivity index (χ2v) is 5.54. The van der Waals surface area contributed by atoms with Crippen LogP contribution in [0.1, 0.15) is 16.8 Å². The number of hydrogen-bond donors (Lipinski definition) is 1. The molecule has 2 rings (SSSR count). The average molecular weight is 287 g/mol. The molecule has 1 aromatic carbocycles. The number of rotatable bonds is 4. The molecule has 0 spiro atoms. The highest BCUT2D eigenvalue weighted by molar-refractivity contribution is 7.99. The molecule has 0 saturated carbocycles. The second kappa shape index (κ2) is 6.23. The zero-order valence-corrected chi connectivity index (χ0v) is 11.4. The summed E-state index contributed by atoms with van der Waals surface area (Å²) in [6.07, 6.45) is 1.09. The molecule has 0 aliphatic carbocycles. The summed E-state index contributed by atoms with van der Waals surface area (Å²) < 4.78 is 31.8. The Morgan fingerprint density at radius 3 is 2.89 bits per heavy atom. The normalized spacial score (nSPS) is 18.4. The number of benzene rings is 1. The molecule has 0 aromatic heterocycles. The average Bonchev–Trinajstić information content (AvgIpc) is 2.93. The van der Waals surface area contributed by atoms with Crippen molar-refractivity contribution in [1.29, 1.82) is 0 Å². The maximum absolute atomic E-state index is 13.8. The van der Waals surface area contributed by atoms with Gasteiger partial charge in [-0.1, -0.05) is 0 Å². The maximum atomic E-state index is 13.8. The van der Waals surface area contributed by atoms with Crippen molar-refractivity contribution in [2.75, 3.05) is 30.5 Å². The summed E-state index contributed by atoms with van der Waals surface area (Å²) in [5, 5.41) is 2.90. The molecule has 1 atom stereocenters.